The molecule has 1 fully saturated rings. The van der Waals surface area contributed by atoms with Crippen LogP contribution in [0.15, 0.2) is 42.5 Å². The summed E-state index contributed by atoms with van der Waals surface area (Å²) in [5.41, 5.74) is 2.65. The van der Waals surface area contributed by atoms with E-state index in [4.69, 9.17) is 17.0 Å². The van der Waals surface area contributed by atoms with Crippen LogP contribution in [-0.2, 0) is 11.3 Å². The Kier molecular flexibility index (Phi) is 5.78. The van der Waals surface area contributed by atoms with Crippen molar-refractivity contribution in [2.24, 2.45) is 0 Å². The summed E-state index contributed by atoms with van der Waals surface area (Å²) in [5.74, 6) is -1.80. The van der Waals surface area contributed by atoms with Crippen LogP contribution in [0.25, 0.3) is 0 Å². The van der Waals surface area contributed by atoms with E-state index in [0.717, 1.165) is 44.0 Å². The number of morpholine rings is 1. The summed E-state index contributed by atoms with van der Waals surface area (Å²) in [4.78, 5) is 2.29. The predicted octanol–water partition coefficient (Wildman–Crippen LogP) is 3.29. The number of nitrogens with one attached hydrogen (secondary N) is 2. The molecule has 3 rings (SSSR count). The van der Waals surface area contributed by atoms with Gasteiger partial charge >= 0.3 is 0 Å². The Balaban J connectivity index is 1.50. The number of anilines is 2. The van der Waals surface area contributed by atoms with Crippen molar-refractivity contribution in [3.63, 3.8) is 0 Å². The largest absolute Gasteiger partial charge is 0.378 e. The molecule has 2 aromatic rings. The van der Waals surface area contributed by atoms with Gasteiger partial charge in [-0.25, -0.2) is 8.78 Å². The van der Waals surface area contributed by atoms with E-state index in [1.165, 1.54) is 11.8 Å². The Morgan fingerprint density at radius 3 is 2.44 bits per heavy atom. The summed E-state index contributed by atoms with van der Waals surface area (Å²) in [6, 6.07) is 11.8. The van der Waals surface area contributed by atoms with E-state index in [2.05, 4.69) is 27.7 Å². The molecule has 25 heavy (non-hydrogen) atoms. The van der Waals surface area contributed by atoms with Gasteiger partial charge in [0.25, 0.3) is 0 Å². The number of rotatable bonds is 4. The van der Waals surface area contributed by atoms with Gasteiger partial charge < -0.3 is 20.3 Å². The van der Waals surface area contributed by atoms with Gasteiger partial charge in [0.1, 0.15) is 0 Å². The zero-order valence-electron chi connectivity index (χ0n) is 13.6. The van der Waals surface area contributed by atoms with Gasteiger partial charge in [-0.15, -0.1) is 0 Å². The molecule has 0 amide bonds. The first-order valence-corrected chi connectivity index (χ1v) is 8.44. The summed E-state index contributed by atoms with van der Waals surface area (Å²) in [6.45, 7) is 3.86. The van der Waals surface area contributed by atoms with Crippen LogP contribution in [0.4, 0.5) is 20.2 Å². The number of halogens is 2. The topological polar surface area (TPSA) is 36.5 Å². The molecule has 0 atom stereocenters. The Morgan fingerprint density at radius 1 is 1.04 bits per heavy atom. The predicted molar refractivity (Wildman–Crippen MR) is 98.9 cm³/mol. The van der Waals surface area contributed by atoms with Crippen LogP contribution in [0.2, 0.25) is 0 Å². The van der Waals surface area contributed by atoms with Gasteiger partial charge in [0.2, 0.25) is 0 Å². The lowest BCUT2D eigenvalue weighted by Crippen LogP contribution is -2.36. The second-order valence-corrected chi connectivity index (χ2v) is 6.11. The lowest BCUT2D eigenvalue weighted by atomic mass is 10.2. The summed E-state index contributed by atoms with van der Waals surface area (Å²) >= 11 is 5.18. The minimum absolute atomic E-state index is 0.350. The van der Waals surface area contributed by atoms with Crippen LogP contribution in [0.5, 0.6) is 0 Å². The zero-order valence-corrected chi connectivity index (χ0v) is 14.4. The van der Waals surface area contributed by atoms with Crippen LogP contribution in [0.3, 0.4) is 0 Å². The van der Waals surface area contributed by atoms with Crippen LogP contribution in [0.1, 0.15) is 5.56 Å². The van der Waals surface area contributed by atoms with Crippen molar-refractivity contribution in [1.82, 2.24) is 5.32 Å². The van der Waals surface area contributed by atoms with Crippen LogP contribution >= 0.6 is 12.2 Å². The second kappa shape index (κ2) is 8.22. The minimum Gasteiger partial charge on any atom is -0.378 e. The molecule has 2 N–H and O–H groups in total. The van der Waals surface area contributed by atoms with Crippen LogP contribution in [-0.4, -0.2) is 31.4 Å². The fourth-order valence-electron chi connectivity index (χ4n) is 2.58. The van der Waals surface area contributed by atoms with Crippen molar-refractivity contribution < 1.29 is 13.5 Å². The number of hydrogen-bond donors (Lipinski definition) is 2. The van der Waals surface area contributed by atoms with Gasteiger partial charge in [-0.05, 0) is 42.0 Å². The van der Waals surface area contributed by atoms with Crippen molar-refractivity contribution >= 4 is 28.7 Å². The van der Waals surface area contributed by atoms with E-state index in [9.17, 15) is 8.78 Å². The molecule has 132 valence electrons. The molecule has 0 spiro atoms. The number of benzene rings is 2. The standard InChI is InChI=1S/C18H19F2N3OS/c19-16-6-3-14(11-17(16)20)22-18(25)21-12-13-1-4-15(5-2-13)23-7-9-24-10-8-23/h1-6,11H,7-10,12H2,(H2,21,22,25). The molecular weight excluding hydrogens is 344 g/mol. The maximum atomic E-state index is 13.2. The minimum atomic E-state index is -0.911. The van der Waals surface area contributed by atoms with Crippen molar-refractivity contribution in [2.75, 3.05) is 36.5 Å². The summed E-state index contributed by atoms with van der Waals surface area (Å²) in [7, 11) is 0. The fourth-order valence-corrected chi connectivity index (χ4v) is 2.77. The van der Waals surface area contributed by atoms with E-state index in [1.807, 2.05) is 12.1 Å². The number of nitrogens with zero attached hydrogens (tertiary/aromatic N) is 1. The first-order valence-electron chi connectivity index (χ1n) is 8.03. The average Bonchev–Trinajstić information content (AvgIpc) is 2.64. The smallest absolute Gasteiger partial charge is 0.171 e. The van der Waals surface area contributed by atoms with E-state index in [0.29, 0.717) is 17.3 Å². The Bertz CT molecular complexity index is 734. The molecule has 0 aliphatic carbocycles. The van der Waals surface area contributed by atoms with Crippen molar-refractivity contribution in [3.8, 4) is 0 Å². The van der Waals surface area contributed by atoms with Gasteiger partial charge in [0.05, 0.1) is 13.2 Å². The summed E-state index contributed by atoms with van der Waals surface area (Å²) < 4.78 is 31.4. The lowest BCUT2D eigenvalue weighted by Gasteiger charge is -2.28. The van der Waals surface area contributed by atoms with Gasteiger partial charge in [-0.2, -0.15) is 0 Å². The Morgan fingerprint density at radius 2 is 1.76 bits per heavy atom. The maximum Gasteiger partial charge on any atom is 0.171 e. The van der Waals surface area contributed by atoms with Crippen molar-refractivity contribution in [1.29, 1.82) is 0 Å². The quantitative estimate of drug-likeness (QED) is 0.816. The van der Waals surface area contributed by atoms with Gasteiger partial charge in [-0.3, -0.25) is 0 Å². The summed E-state index contributed by atoms with van der Waals surface area (Å²) in [5, 5.41) is 6.24. The third kappa shape index (κ3) is 4.87. The molecule has 0 radical (unpaired) electrons. The maximum absolute atomic E-state index is 13.2. The molecule has 7 heteroatoms. The Labute approximate surface area is 150 Å². The van der Waals surface area contributed by atoms with Crippen molar-refractivity contribution in [2.45, 2.75) is 6.54 Å². The van der Waals surface area contributed by atoms with E-state index >= 15 is 0 Å². The summed E-state index contributed by atoms with van der Waals surface area (Å²) in [6.07, 6.45) is 0. The van der Waals surface area contributed by atoms with Crippen LogP contribution < -0.4 is 15.5 Å². The van der Waals surface area contributed by atoms with Gasteiger partial charge in [0, 0.05) is 37.1 Å². The third-order valence-electron chi connectivity index (χ3n) is 3.94. The number of thiocarbonyl (C=S) groups is 1. The highest BCUT2D eigenvalue weighted by Crippen LogP contribution is 2.17. The average molecular weight is 363 g/mol. The lowest BCUT2D eigenvalue weighted by molar-refractivity contribution is 0.122. The number of ether oxygens (including phenoxy) is 1. The highest BCUT2D eigenvalue weighted by Gasteiger charge is 2.10. The molecule has 1 aliphatic heterocycles. The SMILES string of the molecule is Fc1ccc(NC(=S)NCc2ccc(N3CCOCC3)cc2)cc1F. The fraction of sp³-hybridized carbons (Fsp3) is 0.278. The zero-order chi connectivity index (χ0) is 17.6. The molecular formula is C18H19F2N3OS. The molecule has 1 aliphatic rings. The molecule has 1 heterocycles. The highest BCUT2D eigenvalue weighted by atomic mass is 32.1. The molecule has 0 unspecified atom stereocenters. The molecule has 0 saturated carbocycles. The monoisotopic (exact) mass is 363 g/mol. The van der Waals surface area contributed by atoms with Crippen molar-refractivity contribution in [3.05, 3.63) is 59.7 Å². The first kappa shape index (κ1) is 17.6. The second-order valence-electron chi connectivity index (χ2n) is 5.70. The van der Waals surface area contributed by atoms with E-state index < -0.39 is 11.6 Å². The molecule has 1 saturated heterocycles. The highest BCUT2D eigenvalue weighted by molar-refractivity contribution is 7.80. The third-order valence-corrected chi connectivity index (χ3v) is 4.19. The van der Waals surface area contributed by atoms with E-state index in [-0.39, 0.29) is 0 Å². The van der Waals surface area contributed by atoms with Gasteiger partial charge in [-0.1, -0.05) is 12.1 Å². The molecule has 0 aromatic heterocycles. The van der Waals surface area contributed by atoms with Crippen LogP contribution in [0, 0.1) is 11.6 Å². The first-order chi connectivity index (χ1) is 12.1. The normalized spacial score (nSPS) is 14.2. The van der Waals surface area contributed by atoms with Gasteiger partial charge in [0.15, 0.2) is 16.7 Å². The molecule has 0 bridgehead atoms. The number of hydrogen-bond acceptors (Lipinski definition) is 3. The Hall–Kier alpha value is -2.25. The molecule has 2 aromatic carbocycles. The molecule has 4 nitrogen and oxygen atoms in total. The van der Waals surface area contributed by atoms with E-state index in [1.54, 1.807) is 0 Å².